The molecule has 3 N–H and O–H groups in total. The second kappa shape index (κ2) is 13.0. The predicted octanol–water partition coefficient (Wildman–Crippen LogP) is 2.68. The van der Waals surface area contributed by atoms with Gasteiger partial charge in [-0.3, -0.25) is 0 Å². The van der Waals surface area contributed by atoms with Crippen LogP contribution < -0.4 is 15.1 Å². The fourth-order valence-corrected chi connectivity index (χ4v) is 7.13. The quantitative estimate of drug-likeness (QED) is 0.196. The fraction of sp³-hybridized carbons (Fsp3) is 0.333. The molecule has 0 radical (unpaired) electrons. The molecule has 2 aromatic heterocycles. The number of aromatic nitrogens is 3. The minimum absolute atomic E-state index is 0.0150. The van der Waals surface area contributed by atoms with E-state index in [1.165, 1.54) is 12.5 Å². The number of nitrogens with zero attached hydrogens (tertiary/aromatic N) is 3. The summed E-state index contributed by atoms with van der Waals surface area (Å²) in [6.07, 6.45) is 2.90. The second-order valence-corrected chi connectivity index (χ2v) is 12.7. The van der Waals surface area contributed by atoms with Crippen LogP contribution in [0, 0.1) is 0 Å². The van der Waals surface area contributed by atoms with Crippen LogP contribution in [0.3, 0.4) is 0 Å². The van der Waals surface area contributed by atoms with E-state index in [0.717, 1.165) is 59.5 Å². The molecule has 39 heavy (non-hydrogen) atoms. The summed E-state index contributed by atoms with van der Waals surface area (Å²) < 4.78 is 1.00. The second-order valence-electron chi connectivity index (χ2n) is 9.87. The number of H-pyrrole nitrogens is 1. The first-order valence-electron chi connectivity index (χ1n) is 13.6. The van der Waals surface area contributed by atoms with Gasteiger partial charge in [0.2, 0.25) is 0 Å². The molecule has 202 valence electrons. The molecule has 0 spiro atoms. The SMILES string of the molecule is CC(=O)NCC[AsH]c1nc(-c2ccccc2)nc2[nH]c(C(=O)N3CCC(NCCc4ccccc4)CC3)cc12. The molecule has 9 heteroatoms. The number of hydrogen-bond donors (Lipinski definition) is 3. The Kier molecular flexibility index (Phi) is 9.07. The van der Waals surface area contributed by atoms with Crippen LogP contribution in [-0.4, -0.2) is 79.6 Å². The molecule has 0 bridgehead atoms. The molecular formula is C30H35AsN6O2. The van der Waals surface area contributed by atoms with Crippen molar-refractivity contribution >= 4 is 43.1 Å². The molecule has 4 aromatic rings. The zero-order valence-corrected chi connectivity index (χ0v) is 24.3. The maximum absolute atomic E-state index is 13.5. The number of hydrogen-bond acceptors (Lipinski definition) is 5. The summed E-state index contributed by atoms with van der Waals surface area (Å²) in [4.78, 5) is 39.7. The van der Waals surface area contributed by atoms with Crippen molar-refractivity contribution in [3.05, 3.63) is 78.0 Å². The third kappa shape index (κ3) is 7.14. The minimum atomic E-state index is -0.645. The fourth-order valence-electron chi connectivity index (χ4n) is 4.92. The van der Waals surface area contributed by atoms with Gasteiger partial charge >= 0.3 is 200 Å². The van der Waals surface area contributed by atoms with Gasteiger partial charge in [-0.25, -0.2) is 0 Å². The standard InChI is InChI=1S/C30H35AsN6O2/c1-21(38)32-17-15-31-27-25-20-26(34-29(25)36-28(35-27)23-10-6-3-7-11-23)30(39)37-18-13-24(14-19-37)33-16-12-22-8-4-2-5-9-22/h2-11,20,24,31,33H,12-19H2,1H3,(H,32,38)(H,34,35,36). The average molecular weight is 587 g/mol. The number of benzene rings is 2. The molecule has 0 saturated carbocycles. The molecule has 1 saturated heterocycles. The van der Waals surface area contributed by atoms with Crippen molar-refractivity contribution in [3.63, 3.8) is 0 Å². The summed E-state index contributed by atoms with van der Waals surface area (Å²) in [5.74, 6) is 0.648. The van der Waals surface area contributed by atoms with Crippen LogP contribution in [0.25, 0.3) is 22.4 Å². The molecule has 2 amide bonds. The van der Waals surface area contributed by atoms with Gasteiger partial charge in [0, 0.05) is 0 Å². The van der Waals surface area contributed by atoms with Crippen LogP contribution in [0.2, 0.25) is 5.21 Å². The Morgan fingerprint density at radius 1 is 1.00 bits per heavy atom. The van der Waals surface area contributed by atoms with Crippen LogP contribution in [0.5, 0.6) is 0 Å². The molecular weight excluding hydrogens is 551 g/mol. The van der Waals surface area contributed by atoms with Gasteiger partial charge in [0.15, 0.2) is 0 Å². The zero-order valence-electron chi connectivity index (χ0n) is 22.2. The van der Waals surface area contributed by atoms with Crippen LogP contribution in [0.15, 0.2) is 66.7 Å². The number of fused-ring (bicyclic) bond motifs is 1. The third-order valence-corrected chi connectivity index (χ3v) is 9.56. The molecule has 8 nitrogen and oxygen atoms in total. The Bertz CT molecular complexity index is 1400. The Morgan fingerprint density at radius 3 is 2.44 bits per heavy atom. The van der Waals surface area contributed by atoms with Gasteiger partial charge in [0.05, 0.1) is 0 Å². The Morgan fingerprint density at radius 2 is 1.72 bits per heavy atom. The van der Waals surface area contributed by atoms with Crippen molar-refractivity contribution in [1.29, 1.82) is 0 Å². The van der Waals surface area contributed by atoms with E-state index in [4.69, 9.17) is 9.97 Å². The number of rotatable bonds is 10. The summed E-state index contributed by atoms with van der Waals surface area (Å²) in [6.45, 7) is 4.57. The molecule has 5 rings (SSSR count). The van der Waals surface area contributed by atoms with E-state index in [0.29, 0.717) is 29.8 Å². The number of likely N-dealkylation sites (tertiary alicyclic amines) is 1. The number of aromatic amines is 1. The molecule has 3 heterocycles. The topological polar surface area (TPSA) is 103 Å². The zero-order chi connectivity index (χ0) is 27.0. The maximum atomic E-state index is 13.5. The van der Waals surface area contributed by atoms with E-state index in [9.17, 15) is 9.59 Å². The van der Waals surface area contributed by atoms with Crippen LogP contribution in [0.4, 0.5) is 0 Å². The number of carbonyl (C=O) groups is 2. The van der Waals surface area contributed by atoms with Gasteiger partial charge in [0.1, 0.15) is 0 Å². The van der Waals surface area contributed by atoms with Gasteiger partial charge in [-0.15, -0.1) is 0 Å². The van der Waals surface area contributed by atoms with Crippen molar-refractivity contribution in [2.75, 3.05) is 26.2 Å². The monoisotopic (exact) mass is 586 g/mol. The molecule has 1 fully saturated rings. The number of piperidine rings is 1. The van der Waals surface area contributed by atoms with E-state index < -0.39 is 15.8 Å². The summed E-state index contributed by atoms with van der Waals surface area (Å²) in [7, 11) is 0. The van der Waals surface area contributed by atoms with Gasteiger partial charge in [-0.1, -0.05) is 30.3 Å². The number of amides is 2. The summed E-state index contributed by atoms with van der Waals surface area (Å²) in [5.41, 5.74) is 3.54. The Labute approximate surface area is 235 Å². The van der Waals surface area contributed by atoms with Crippen LogP contribution >= 0.6 is 0 Å². The van der Waals surface area contributed by atoms with Crippen molar-refractivity contribution in [3.8, 4) is 11.4 Å². The van der Waals surface area contributed by atoms with Crippen molar-refractivity contribution in [1.82, 2.24) is 30.5 Å². The van der Waals surface area contributed by atoms with E-state index >= 15 is 0 Å². The van der Waals surface area contributed by atoms with Crippen LogP contribution in [-0.2, 0) is 11.2 Å². The first-order chi connectivity index (χ1) is 19.1. The normalized spacial score (nSPS) is 14.3. The average Bonchev–Trinajstić information content (AvgIpc) is 3.41. The van der Waals surface area contributed by atoms with Gasteiger partial charge < -0.3 is 0 Å². The van der Waals surface area contributed by atoms with Gasteiger partial charge in [-0.05, 0) is 5.56 Å². The molecule has 1 unspecified atom stereocenters. The van der Waals surface area contributed by atoms with Crippen molar-refractivity contribution < 1.29 is 9.59 Å². The Hall–Kier alpha value is -3.48. The molecule has 1 atom stereocenters. The van der Waals surface area contributed by atoms with Crippen molar-refractivity contribution in [2.24, 2.45) is 0 Å². The number of carbonyl (C=O) groups excluding carboxylic acids is 2. The van der Waals surface area contributed by atoms with Crippen molar-refractivity contribution in [2.45, 2.75) is 37.4 Å². The van der Waals surface area contributed by atoms with E-state index in [-0.39, 0.29) is 11.8 Å². The van der Waals surface area contributed by atoms with E-state index in [1.807, 2.05) is 47.4 Å². The summed E-state index contributed by atoms with van der Waals surface area (Å²) in [6, 6.07) is 22.8. The summed E-state index contributed by atoms with van der Waals surface area (Å²) >= 11 is -0.645. The van der Waals surface area contributed by atoms with E-state index in [1.54, 1.807) is 0 Å². The first-order valence-corrected chi connectivity index (χ1v) is 16.1. The Balaban J connectivity index is 1.25. The third-order valence-electron chi connectivity index (χ3n) is 7.01. The molecule has 2 aromatic carbocycles. The summed E-state index contributed by atoms with van der Waals surface area (Å²) in [5, 5.41) is 8.33. The van der Waals surface area contributed by atoms with Gasteiger partial charge in [0.25, 0.3) is 0 Å². The first kappa shape index (κ1) is 27.1. The van der Waals surface area contributed by atoms with E-state index in [2.05, 4.69) is 39.9 Å². The number of nitrogens with one attached hydrogen (secondary N) is 3. The predicted molar refractivity (Wildman–Crippen MR) is 157 cm³/mol. The van der Waals surface area contributed by atoms with Gasteiger partial charge in [-0.2, -0.15) is 0 Å². The molecule has 0 aliphatic carbocycles. The molecule has 1 aliphatic rings. The molecule has 1 aliphatic heterocycles. The van der Waals surface area contributed by atoms with Crippen LogP contribution in [0.1, 0.15) is 35.8 Å².